The van der Waals surface area contributed by atoms with Gasteiger partial charge in [0.2, 0.25) is 0 Å². The molecular weight excluding hydrogens is 319 g/mol. The highest BCUT2D eigenvalue weighted by Gasteiger charge is 2.09. The quantitative estimate of drug-likeness (QED) is 0.853. The monoisotopic (exact) mass is 329 g/mol. The van der Waals surface area contributed by atoms with E-state index >= 15 is 0 Å². The molecule has 0 atom stereocenters. The Kier molecular flexibility index (Phi) is 4.14. The van der Waals surface area contributed by atoms with Crippen molar-refractivity contribution in [3.8, 4) is 0 Å². The molecule has 0 unspecified atom stereocenters. The lowest BCUT2D eigenvalue weighted by molar-refractivity contribution is 0.583. The average molecular weight is 330 g/mol. The van der Waals surface area contributed by atoms with Gasteiger partial charge in [-0.3, -0.25) is 0 Å². The van der Waals surface area contributed by atoms with Crippen LogP contribution in [0.3, 0.4) is 0 Å². The minimum Gasteiger partial charge on any atom is -0.378 e. The summed E-state index contributed by atoms with van der Waals surface area (Å²) in [5.41, 5.74) is 1.80. The van der Waals surface area contributed by atoms with E-state index in [1.54, 1.807) is 13.0 Å². The molecule has 0 aromatic heterocycles. The summed E-state index contributed by atoms with van der Waals surface area (Å²) in [4.78, 5) is 0. The van der Waals surface area contributed by atoms with Crippen molar-refractivity contribution < 1.29 is 13.2 Å². The zero-order valence-electron chi connectivity index (χ0n) is 10.1. The van der Waals surface area contributed by atoms with E-state index in [1.165, 1.54) is 18.2 Å². The van der Waals surface area contributed by atoms with Crippen LogP contribution in [0.15, 0.2) is 34.8 Å². The molecule has 0 saturated heterocycles. The van der Waals surface area contributed by atoms with Gasteiger partial charge in [-0.2, -0.15) is 0 Å². The molecule has 0 aliphatic rings. The van der Waals surface area contributed by atoms with Crippen LogP contribution in [0, 0.1) is 24.4 Å². The second kappa shape index (κ2) is 5.65. The maximum atomic E-state index is 13.6. The van der Waals surface area contributed by atoms with E-state index in [1.807, 2.05) is 0 Å². The first-order valence-corrected chi connectivity index (χ1v) is 6.40. The Hall–Kier alpha value is -1.49. The lowest BCUT2D eigenvalue weighted by Crippen LogP contribution is -2.04. The number of halogens is 4. The van der Waals surface area contributed by atoms with E-state index in [0.29, 0.717) is 11.0 Å². The molecule has 0 radical (unpaired) electrons. The van der Waals surface area contributed by atoms with Crippen LogP contribution in [-0.2, 0) is 6.54 Å². The minimum absolute atomic E-state index is 0.185. The molecule has 5 heteroatoms. The smallest absolute Gasteiger partial charge is 0.150 e. The van der Waals surface area contributed by atoms with Gasteiger partial charge < -0.3 is 5.32 Å². The Morgan fingerprint density at radius 3 is 2.42 bits per heavy atom. The van der Waals surface area contributed by atoms with Gasteiger partial charge in [-0.05, 0) is 52.2 Å². The zero-order valence-corrected chi connectivity index (χ0v) is 11.7. The van der Waals surface area contributed by atoms with Crippen molar-refractivity contribution in [1.29, 1.82) is 0 Å². The van der Waals surface area contributed by atoms with Gasteiger partial charge in [-0.1, -0.05) is 6.07 Å². The number of hydrogen-bond acceptors (Lipinski definition) is 1. The van der Waals surface area contributed by atoms with Gasteiger partial charge >= 0.3 is 0 Å². The summed E-state index contributed by atoms with van der Waals surface area (Å²) in [5.74, 6) is -1.63. The van der Waals surface area contributed by atoms with Crippen molar-refractivity contribution in [2.45, 2.75) is 13.5 Å². The van der Waals surface area contributed by atoms with Crippen molar-refractivity contribution in [1.82, 2.24) is 0 Å². The summed E-state index contributed by atoms with van der Waals surface area (Å²) in [6.07, 6.45) is 0. The first kappa shape index (κ1) is 13.9. The molecule has 19 heavy (non-hydrogen) atoms. The zero-order chi connectivity index (χ0) is 14.0. The SMILES string of the molecule is Cc1cc(F)ccc1CNc1c(F)cc(F)cc1Br. The van der Waals surface area contributed by atoms with Gasteiger partial charge in [0.1, 0.15) is 17.5 Å². The lowest BCUT2D eigenvalue weighted by Gasteiger charge is -2.11. The van der Waals surface area contributed by atoms with Crippen molar-refractivity contribution in [3.05, 3.63) is 63.4 Å². The molecular formula is C14H11BrF3N. The van der Waals surface area contributed by atoms with Crippen molar-refractivity contribution in [2.24, 2.45) is 0 Å². The molecule has 1 N–H and O–H groups in total. The van der Waals surface area contributed by atoms with Crippen LogP contribution in [0.2, 0.25) is 0 Å². The van der Waals surface area contributed by atoms with E-state index in [9.17, 15) is 13.2 Å². The van der Waals surface area contributed by atoms with Gasteiger partial charge in [0.25, 0.3) is 0 Å². The van der Waals surface area contributed by atoms with Crippen molar-refractivity contribution in [3.63, 3.8) is 0 Å². The van der Waals surface area contributed by atoms with Gasteiger partial charge in [0.05, 0.1) is 5.69 Å². The van der Waals surface area contributed by atoms with Gasteiger partial charge in [-0.25, -0.2) is 13.2 Å². The Morgan fingerprint density at radius 2 is 1.79 bits per heavy atom. The van der Waals surface area contributed by atoms with Gasteiger partial charge in [0, 0.05) is 17.1 Å². The van der Waals surface area contributed by atoms with Crippen molar-refractivity contribution in [2.75, 3.05) is 5.32 Å². The maximum absolute atomic E-state index is 13.6. The second-order valence-electron chi connectivity index (χ2n) is 4.17. The Bertz CT molecular complexity index is 591. The highest BCUT2D eigenvalue weighted by atomic mass is 79.9. The number of anilines is 1. The second-order valence-corrected chi connectivity index (χ2v) is 5.02. The molecule has 0 heterocycles. The van der Waals surface area contributed by atoms with Crippen LogP contribution in [0.4, 0.5) is 18.9 Å². The van der Waals surface area contributed by atoms with E-state index in [4.69, 9.17) is 0 Å². The third-order valence-corrected chi connectivity index (χ3v) is 3.39. The average Bonchev–Trinajstić information content (AvgIpc) is 2.30. The fraction of sp³-hybridized carbons (Fsp3) is 0.143. The number of nitrogens with one attached hydrogen (secondary N) is 1. The normalized spacial score (nSPS) is 10.6. The summed E-state index contributed by atoms with van der Waals surface area (Å²) in [6.45, 7) is 2.10. The summed E-state index contributed by atoms with van der Waals surface area (Å²) >= 11 is 3.10. The number of benzene rings is 2. The Morgan fingerprint density at radius 1 is 1.05 bits per heavy atom. The van der Waals surface area contributed by atoms with Crippen molar-refractivity contribution >= 4 is 21.6 Å². The van der Waals surface area contributed by atoms with E-state index in [-0.39, 0.29) is 11.5 Å². The standard InChI is InChI=1S/C14H11BrF3N/c1-8-4-10(16)3-2-9(8)7-19-14-12(15)5-11(17)6-13(14)18/h2-6,19H,7H2,1H3. The van der Waals surface area contributed by atoms with Gasteiger partial charge in [-0.15, -0.1) is 0 Å². The van der Waals surface area contributed by atoms with Crippen LogP contribution in [0.1, 0.15) is 11.1 Å². The molecule has 0 saturated carbocycles. The Labute approximate surface area is 117 Å². The fourth-order valence-corrected chi connectivity index (χ4v) is 2.30. The topological polar surface area (TPSA) is 12.0 Å². The molecule has 2 aromatic rings. The highest BCUT2D eigenvalue weighted by molar-refractivity contribution is 9.10. The molecule has 0 fully saturated rings. The molecule has 0 aliphatic carbocycles. The first-order chi connectivity index (χ1) is 8.97. The molecule has 2 aromatic carbocycles. The van der Waals surface area contributed by atoms with E-state index in [0.717, 1.165) is 17.2 Å². The largest absolute Gasteiger partial charge is 0.378 e. The van der Waals surface area contributed by atoms with Crippen LogP contribution in [0.25, 0.3) is 0 Å². The predicted molar refractivity (Wildman–Crippen MR) is 72.5 cm³/mol. The third-order valence-electron chi connectivity index (χ3n) is 2.77. The molecule has 0 bridgehead atoms. The van der Waals surface area contributed by atoms with Crippen LogP contribution in [0.5, 0.6) is 0 Å². The third kappa shape index (κ3) is 3.29. The predicted octanol–water partition coefficient (Wildman–Crippen LogP) is 4.79. The van der Waals surface area contributed by atoms with Crippen LogP contribution < -0.4 is 5.32 Å². The lowest BCUT2D eigenvalue weighted by atomic mass is 10.1. The van der Waals surface area contributed by atoms with Crippen LogP contribution >= 0.6 is 15.9 Å². The maximum Gasteiger partial charge on any atom is 0.150 e. The van der Waals surface area contributed by atoms with E-state index in [2.05, 4.69) is 21.2 Å². The fourth-order valence-electron chi connectivity index (χ4n) is 1.75. The molecule has 0 spiro atoms. The summed E-state index contributed by atoms with van der Waals surface area (Å²) in [6, 6.07) is 6.38. The molecule has 0 amide bonds. The molecule has 0 aliphatic heterocycles. The summed E-state index contributed by atoms with van der Waals surface area (Å²) < 4.78 is 39.8. The molecule has 1 nitrogen and oxygen atoms in total. The number of hydrogen-bond donors (Lipinski definition) is 1. The summed E-state index contributed by atoms with van der Waals surface area (Å²) in [5, 5.41) is 2.87. The van der Waals surface area contributed by atoms with Crippen LogP contribution in [-0.4, -0.2) is 0 Å². The highest BCUT2D eigenvalue weighted by Crippen LogP contribution is 2.27. The molecule has 100 valence electrons. The van der Waals surface area contributed by atoms with Gasteiger partial charge in [0.15, 0.2) is 0 Å². The number of aryl methyl sites for hydroxylation is 1. The Balaban J connectivity index is 2.19. The first-order valence-electron chi connectivity index (χ1n) is 5.61. The summed E-state index contributed by atoms with van der Waals surface area (Å²) in [7, 11) is 0. The van der Waals surface area contributed by atoms with E-state index < -0.39 is 11.6 Å². The minimum atomic E-state index is -0.674. The molecule has 2 rings (SSSR count). The number of rotatable bonds is 3.